The molecule has 0 unspecified atom stereocenters. The third-order valence-corrected chi connectivity index (χ3v) is 22.1. The molecule has 1 saturated heterocycles. The number of primary amides is 2. The van der Waals surface area contributed by atoms with Gasteiger partial charge in [-0.15, -0.1) is 11.8 Å². The van der Waals surface area contributed by atoms with Gasteiger partial charge in [-0.2, -0.15) is 0 Å². The standard InChI is InChI=1S/C87H122N22O21S/c1-9-47(7)73-85(129)106-60(31-46(5)6)79(123)103-61(32-49-13-21-54(110)22-14-49)76(120)96-40-70(116)98-66(37-68(88)114)83(127)102-59(30-45(3)4)75(119)95-41-71(117)100-67(77(121)94-39-69(89)115)42-131-43-72(118)99-62(33-50-15-23-55(111)24-16-50)80(124)105-65(36-53-38-92-44-97-53)84(128)109-74(48(8)10-2)86(130)107-64(35-52-19-27-57(113)28-20-52)82(126)104-63(34-51-17-25-56(112)26-18-51)81(125)101-58(78(122)108-73)12-11-29-93-87(90)91/h13-28,38,44-48,58-67,73-74,110-113H,9-12,29-37,39-43H2,1-8H3,(H2,88,114)(H2,89,115)(H,92,97)(H,94,121)(H,95,119)(H,96,120)(H,98,116)(H,99,118)(H,100,117)(H,101,125)(H,102,127)(H,103,123)(H,104,126)(H,105,124)(H,106,129)(H,107,130)(H,108,122)(H,109,128)(H4,90,91,93)/t47-,48-,58-,59-,60-,61-,62-,63-,64-,65-,66-,67-,73-,74-/m0/s1. The first-order valence-electron chi connectivity index (χ1n) is 42.8. The van der Waals surface area contributed by atoms with Crippen LogP contribution in [0, 0.1) is 29.1 Å². The van der Waals surface area contributed by atoms with E-state index < -0.39 is 228 Å². The molecule has 5 aromatic rings. The minimum atomic E-state index is -1.82. The molecule has 43 nitrogen and oxygen atoms in total. The van der Waals surface area contributed by atoms with E-state index in [-0.39, 0.29) is 118 Å². The summed E-state index contributed by atoms with van der Waals surface area (Å²) in [5.74, 6) is -21.4. The zero-order valence-electron chi connectivity index (χ0n) is 74.2. The Hall–Kier alpha value is -14.1. The van der Waals surface area contributed by atoms with Gasteiger partial charge in [0.2, 0.25) is 100 Å². The average molecular weight is 1840 g/mol. The molecule has 6 rings (SSSR count). The molecule has 0 saturated carbocycles. The van der Waals surface area contributed by atoms with Gasteiger partial charge < -0.3 is 128 Å². The number of aromatic hydroxyl groups is 4. The maximum atomic E-state index is 15.4. The largest absolute Gasteiger partial charge is 0.508 e. The quantitative estimate of drug-likeness (QED) is 0.0138. The van der Waals surface area contributed by atoms with Crippen molar-refractivity contribution in [2.24, 2.45) is 40.9 Å². The third kappa shape index (κ3) is 37.3. The molecule has 1 fully saturated rings. The number of phenols is 4. The minimum Gasteiger partial charge on any atom is -0.508 e. The van der Waals surface area contributed by atoms with E-state index in [1.807, 2.05) is 0 Å². The number of aromatic nitrogens is 2. The Kier molecular flexibility index (Phi) is 42.8. The van der Waals surface area contributed by atoms with Crippen molar-refractivity contribution in [3.8, 4) is 23.0 Å². The zero-order valence-corrected chi connectivity index (χ0v) is 75.0. The summed E-state index contributed by atoms with van der Waals surface area (Å²) in [6.07, 6.45) is 0.126. The lowest BCUT2D eigenvalue weighted by atomic mass is 9.95. The summed E-state index contributed by atoms with van der Waals surface area (Å²) in [7, 11) is 0. The number of amides is 17. The third-order valence-electron chi connectivity index (χ3n) is 21.1. The number of hydrogen-bond donors (Lipinski definition) is 25. The lowest BCUT2D eigenvalue weighted by Crippen LogP contribution is -2.62. The number of hydrogen-bond acceptors (Lipinski definition) is 24. The summed E-state index contributed by atoms with van der Waals surface area (Å²) in [6, 6.07) is 2.96. The van der Waals surface area contributed by atoms with Crippen LogP contribution in [0.1, 0.15) is 128 Å². The number of nitrogens with one attached hydrogen (secondary N) is 18. The Morgan fingerprint density at radius 1 is 0.427 bits per heavy atom. The van der Waals surface area contributed by atoms with E-state index in [1.165, 1.54) is 110 Å². The highest BCUT2D eigenvalue weighted by molar-refractivity contribution is 8.00. The summed E-state index contributed by atoms with van der Waals surface area (Å²) in [4.78, 5) is 251. The first-order chi connectivity index (χ1) is 62.1. The molecule has 4 aromatic carbocycles. The number of nitrogens with zero attached hydrogens (tertiary/aromatic N) is 1. The first kappa shape index (κ1) is 106. The average Bonchev–Trinajstić information content (AvgIpc) is 1.52. The molecule has 0 spiro atoms. The molecule has 0 aliphatic carbocycles. The van der Waals surface area contributed by atoms with Crippen LogP contribution < -0.4 is 102 Å². The number of benzene rings is 4. The van der Waals surface area contributed by atoms with Gasteiger partial charge in [-0.1, -0.05) is 117 Å². The normalized spacial score (nSPS) is 22.6. The lowest BCUT2D eigenvalue weighted by molar-refractivity contribution is -0.137. The van der Waals surface area contributed by atoms with E-state index in [0.29, 0.717) is 22.3 Å². The lowest BCUT2D eigenvalue weighted by Gasteiger charge is -2.30. The molecule has 131 heavy (non-hydrogen) atoms. The highest BCUT2D eigenvalue weighted by Crippen LogP contribution is 2.21. The number of H-pyrrole nitrogens is 1. The summed E-state index contributed by atoms with van der Waals surface area (Å²) in [5.41, 5.74) is 18.2. The van der Waals surface area contributed by atoms with Crippen LogP contribution in [0.3, 0.4) is 0 Å². The van der Waals surface area contributed by atoms with Crippen molar-refractivity contribution in [1.29, 1.82) is 5.41 Å². The molecule has 1 aliphatic heterocycles. The number of imidazole rings is 1. The smallest absolute Gasteiger partial charge is 0.243 e. The molecule has 17 amide bonds. The van der Waals surface area contributed by atoms with Gasteiger partial charge >= 0.3 is 0 Å². The molecule has 712 valence electrons. The first-order valence-corrected chi connectivity index (χ1v) is 44.0. The van der Waals surface area contributed by atoms with Crippen molar-refractivity contribution >= 4 is 118 Å². The molecule has 1 aliphatic rings. The van der Waals surface area contributed by atoms with Crippen LogP contribution >= 0.6 is 11.8 Å². The predicted molar refractivity (Wildman–Crippen MR) is 479 cm³/mol. The van der Waals surface area contributed by atoms with Crippen molar-refractivity contribution in [2.75, 3.05) is 37.7 Å². The van der Waals surface area contributed by atoms with E-state index in [1.54, 1.807) is 55.4 Å². The van der Waals surface area contributed by atoms with Gasteiger partial charge in [0.1, 0.15) is 95.5 Å². The Morgan fingerprint density at radius 3 is 1.19 bits per heavy atom. The molecular formula is C87H122N22O21S. The molecule has 44 heteroatoms. The number of guanidine groups is 1. The summed E-state index contributed by atoms with van der Waals surface area (Å²) in [6.45, 7) is 10.9. The Bertz CT molecular complexity index is 4760. The summed E-state index contributed by atoms with van der Waals surface area (Å²) >= 11 is 0.740. The van der Waals surface area contributed by atoms with Crippen LogP contribution in [-0.4, -0.2) is 247 Å². The number of thioether (sulfide) groups is 1. The van der Waals surface area contributed by atoms with Crippen molar-refractivity contribution in [2.45, 2.75) is 205 Å². The number of rotatable bonds is 27. The number of carbonyl (C=O) groups excluding carboxylic acids is 17. The van der Waals surface area contributed by atoms with Gasteiger partial charge in [0.05, 0.1) is 43.8 Å². The number of aromatic amines is 1. The van der Waals surface area contributed by atoms with Crippen molar-refractivity contribution in [3.05, 3.63) is 138 Å². The summed E-state index contributed by atoms with van der Waals surface area (Å²) in [5, 5.41) is 90.3. The Labute approximate surface area is 761 Å². The number of phenolic OH excluding ortho intramolecular Hbond substituents is 4. The maximum Gasteiger partial charge on any atom is 0.243 e. The van der Waals surface area contributed by atoms with Crippen LogP contribution in [0.25, 0.3) is 0 Å². The predicted octanol–water partition coefficient (Wildman–Crippen LogP) is -3.53. The van der Waals surface area contributed by atoms with Gasteiger partial charge in [-0.05, 0) is 120 Å². The van der Waals surface area contributed by atoms with Gasteiger partial charge in [-0.3, -0.25) is 86.9 Å². The maximum absolute atomic E-state index is 15.4. The second kappa shape index (κ2) is 53.0. The van der Waals surface area contributed by atoms with Crippen molar-refractivity contribution in [3.63, 3.8) is 0 Å². The molecule has 0 radical (unpaired) electrons. The number of nitrogens with two attached hydrogens (primary N) is 3. The van der Waals surface area contributed by atoms with E-state index in [4.69, 9.17) is 22.6 Å². The highest BCUT2D eigenvalue weighted by Gasteiger charge is 2.40. The zero-order chi connectivity index (χ0) is 96.7. The topological polar surface area (TPSA) is 694 Å². The van der Waals surface area contributed by atoms with Gasteiger partial charge in [0.15, 0.2) is 5.96 Å². The fraction of sp³-hybridized carbons (Fsp3) is 0.483. The fourth-order valence-corrected chi connectivity index (χ4v) is 14.5. The highest BCUT2D eigenvalue weighted by atomic mass is 32.2. The van der Waals surface area contributed by atoms with Gasteiger partial charge in [-0.25, -0.2) is 4.98 Å². The SMILES string of the molecule is CC[C@H](C)[C@@H]1NC(=O)[C@H](Cc2c[nH]cn2)NC(=O)[C@H](Cc2ccc(O)cc2)NC(=O)CSC[C@@H](C(=O)NCC(N)=O)NC(=O)CNC(=O)[C@H](CC(C)C)NC(=O)[C@H](CC(N)=O)NC(=O)CNC(=O)[C@H](Cc2ccc(O)cc2)NC(=O)[C@H](CC(C)C)NC(=O)[C@H]([C@@H](C)CC)NC(=O)[C@H](CCCNC(=N)N)NC(=O)[C@H](Cc2ccc(O)cc2)NC(=O)[C@H](Cc2ccc(O)cc2)NC1=O. The van der Waals surface area contributed by atoms with Crippen LogP contribution in [0.15, 0.2) is 110 Å². The second-order valence-corrected chi connectivity index (χ2v) is 33.9. The number of carbonyl (C=O) groups is 17. The van der Waals surface area contributed by atoms with Crippen molar-refractivity contribution < 1.29 is 102 Å². The monoisotopic (exact) mass is 1840 g/mol. The van der Waals surface area contributed by atoms with Crippen LogP contribution in [-0.2, 0) is 114 Å². The molecule has 1 aromatic heterocycles. The van der Waals surface area contributed by atoms with E-state index in [2.05, 4.69) is 95.0 Å². The van der Waals surface area contributed by atoms with Gasteiger partial charge in [0.25, 0.3) is 0 Å². The molecule has 28 N–H and O–H groups in total. The molecular weight excluding hydrogens is 1720 g/mol. The Morgan fingerprint density at radius 2 is 0.779 bits per heavy atom. The van der Waals surface area contributed by atoms with Crippen LogP contribution in [0.4, 0.5) is 0 Å². The van der Waals surface area contributed by atoms with Crippen LogP contribution in [0.2, 0.25) is 0 Å². The molecule has 0 bridgehead atoms. The Balaban J connectivity index is 1.46. The molecule has 2 heterocycles. The second-order valence-electron chi connectivity index (χ2n) is 32.8. The van der Waals surface area contributed by atoms with Gasteiger partial charge in [0, 0.05) is 50.6 Å². The fourth-order valence-electron chi connectivity index (χ4n) is 13.6. The van der Waals surface area contributed by atoms with E-state index in [0.717, 1.165) is 11.8 Å². The molecule has 14 atom stereocenters. The van der Waals surface area contributed by atoms with E-state index in [9.17, 15) is 73.2 Å². The van der Waals surface area contributed by atoms with Crippen LogP contribution in [0.5, 0.6) is 23.0 Å². The minimum absolute atomic E-state index is 0.0166. The van der Waals surface area contributed by atoms with E-state index >= 15 is 28.8 Å². The summed E-state index contributed by atoms with van der Waals surface area (Å²) < 4.78 is 0. The van der Waals surface area contributed by atoms with Crippen molar-refractivity contribution in [1.82, 2.24) is 95.0 Å².